The Morgan fingerprint density at radius 2 is 1.43 bits per heavy atom. The monoisotopic (exact) mass is 417 g/mol. The number of hydrogen-bond donors (Lipinski definition) is 1. The summed E-state index contributed by atoms with van der Waals surface area (Å²) in [4.78, 5) is 8.22. The standard InChI is InChI=1S/C19H19N3O4S2/c1-13-8-7-9-14(2)18(13)16-12-17(27(3,23)24)21-19(20-16)22-28(25,26)15-10-5-4-6-11-15/h4-12H,1-3H3,(H,20,21,22). The summed E-state index contributed by atoms with van der Waals surface area (Å²) in [5.74, 6) is -0.301. The van der Waals surface area contributed by atoms with Gasteiger partial charge in [0.05, 0.1) is 10.6 Å². The second-order valence-electron chi connectivity index (χ2n) is 6.37. The molecule has 146 valence electrons. The van der Waals surface area contributed by atoms with Crippen molar-refractivity contribution in [3.8, 4) is 11.3 Å². The van der Waals surface area contributed by atoms with Crippen LogP contribution in [-0.4, -0.2) is 33.1 Å². The van der Waals surface area contributed by atoms with Crippen LogP contribution in [-0.2, 0) is 19.9 Å². The highest BCUT2D eigenvalue weighted by Gasteiger charge is 2.20. The summed E-state index contributed by atoms with van der Waals surface area (Å²) in [7, 11) is -7.65. The summed E-state index contributed by atoms with van der Waals surface area (Å²) in [6, 6.07) is 14.7. The van der Waals surface area contributed by atoms with E-state index in [1.807, 2.05) is 32.0 Å². The summed E-state index contributed by atoms with van der Waals surface area (Å²) in [5, 5.41) is -0.258. The van der Waals surface area contributed by atoms with Gasteiger partial charge in [0.2, 0.25) is 5.95 Å². The lowest BCUT2D eigenvalue weighted by atomic mass is 10.00. The largest absolute Gasteiger partial charge is 0.264 e. The topological polar surface area (TPSA) is 106 Å². The molecule has 0 amide bonds. The van der Waals surface area contributed by atoms with Gasteiger partial charge in [0.15, 0.2) is 14.9 Å². The van der Waals surface area contributed by atoms with Gasteiger partial charge in [0, 0.05) is 17.9 Å². The van der Waals surface area contributed by atoms with Gasteiger partial charge >= 0.3 is 0 Å². The van der Waals surface area contributed by atoms with Gasteiger partial charge in [-0.1, -0.05) is 36.4 Å². The zero-order valence-electron chi connectivity index (χ0n) is 15.5. The maximum atomic E-state index is 12.6. The van der Waals surface area contributed by atoms with Crippen LogP contribution in [0.25, 0.3) is 11.3 Å². The molecule has 0 saturated carbocycles. The van der Waals surface area contributed by atoms with Gasteiger partial charge in [-0.2, -0.15) is 0 Å². The summed E-state index contributed by atoms with van der Waals surface area (Å²) in [5.41, 5.74) is 2.83. The molecule has 0 atom stereocenters. The van der Waals surface area contributed by atoms with E-state index in [-0.39, 0.29) is 15.9 Å². The first-order chi connectivity index (χ1) is 13.1. The average Bonchev–Trinajstić information content (AvgIpc) is 2.61. The van der Waals surface area contributed by atoms with Gasteiger partial charge in [-0.05, 0) is 37.1 Å². The van der Waals surface area contributed by atoms with Crippen LogP contribution < -0.4 is 4.72 Å². The number of aromatic nitrogens is 2. The molecule has 1 aromatic heterocycles. The van der Waals surface area contributed by atoms with Crippen molar-refractivity contribution >= 4 is 25.8 Å². The summed E-state index contributed by atoms with van der Waals surface area (Å²) in [6.07, 6.45) is 1.01. The fourth-order valence-corrected chi connectivity index (χ4v) is 4.33. The van der Waals surface area contributed by atoms with Crippen LogP contribution in [0, 0.1) is 13.8 Å². The Bertz CT molecular complexity index is 1220. The number of hydrogen-bond acceptors (Lipinski definition) is 6. The maximum absolute atomic E-state index is 12.6. The Kier molecular flexibility index (Phi) is 5.22. The normalized spacial score (nSPS) is 12.0. The Balaban J connectivity index is 2.17. The highest BCUT2D eigenvalue weighted by atomic mass is 32.2. The van der Waals surface area contributed by atoms with E-state index in [0.717, 1.165) is 22.9 Å². The van der Waals surface area contributed by atoms with E-state index in [4.69, 9.17) is 0 Å². The van der Waals surface area contributed by atoms with E-state index in [0.29, 0.717) is 5.69 Å². The molecule has 0 fully saturated rings. The number of aryl methyl sites for hydroxylation is 2. The number of sulfone groups is 1. The SMILES string of the molecule is Cc1cccc(C)c1-c1cc(S(C)(=O)=O)nc(NS(=O)(=O)c2ccccc2)n1. The quantitative estimate of drug-likeness (QED) is 0.640. The minimum Gasteiger partial charge on any atom is -0.247 e. The van der Waals surface area contributed by atoms with E-state index in [1.165, 1.54) is 18.2 Å². The molecule has 1 N–H and O–H groups in total. The molecule has 28 heavy (non-hydrogen) atoms. The molecule has 0 saturated heterocycles. The zero-order chi connectivity index (χ0) is 20.5. The number of nitrogens with one attached hydrogen (secondary N) is 1. The van der Waals surface area contributed by atoms with Gasteiger partial charge in [-0.15, -0.1) is 0 Å². The van der Waals surface area contributed by atoms with Crippen molar-refractivity contribution in [2.45, 2.75) is 23.8 Å². The zero-order valence-corrected chi connectivity index (χ0v) is 17.2. The predicted molar refractivity (Wildman–Crippen MR) is 107 cm³/mol. The van der Waals surface area contributed by atoms with Crippen molar-refractivity contribution < 1.29 is 16.8 Å². The number of benzene rings is 2. The van der Waals surface area contributed by atoms with E-state index in [1.54, 1.807) is 18.2 Å². The minimum absolute atomic E-state index is 0.0250. The van der Waals surface area contributed by atoms with Crippen LogP contribution in [0.4, 0.5) is 5.95 Å². The molecule has 2 aromatic carbocycles. The minimum atomic E-state index is -3.96. The van der Waals surface area contributed by atoms with Crippen LogP contribution in [0.3, 0.4) is 0 Å². The van der Waals surface area contributed by atoms with Crippen LogP contribution in [0.5, 0.6) is 0 Å². The van der Waals surface area contributed by atoms with Crippen LogP contribution in [0.1, 0.15) is 11.1 Å². The number of anilines is 1. The third-order valence-corrected chi connectivity index (χ3v) is 6.41. The van der Waals surface area contributed by atoms with Crippen molar-refractivity contribution in [2.24, 2.45) is 0 Å². The second-order valence-corrected chi connectivity index (χ2v) is 10.0. The van der Waals surface area contributed by atoms with Crippen molar-refractivity contribution in [2.75, 3.05) is 11.0 Å². The van der Waals surface area contributed by atoms with Gasteiger partial charge in [-0.25, -0.2) is 31.5 Å². The lowest BCUT2D eigenvalue weighted by Gasteiger charge is -2.13. The number of nitrogens with zero attached hydrogens (tertiary/aromatic N) is 2. The molecule has 0 bridgehead atoms. The van der Waals surface area contributed by atoms with Crippen molar-refractivity contribution in [1.82, 2.24) is 9.97 Å². The third kappa shape index (κ3) is 4.20. The molecule has 0 unspecified atom stereocenters. The predicted octanol–water partition coefficient (Wildman–Crippen LogP) is 2.96. The van der Waals surface area contributed by atoms with E-state index in [2.05, 4.69) is 14.7 Å². The fourth-order valence-electron chi connectivity index (χ4n) is 2.79. The molecule has 0 aliphatic heterocycles. The molecular formula is C19H19N3O4S2. The van der Waals surface area contributed by atoms with E-state index in [9.17, 15) is 16.8 Å². The third-order valence-electron chi connectivity index (χ3n) is 4.10. The van der Waals surface area contributed by atoms with Gasteiger partial charge < -0.3 is 0 Å². The van der Waals surface area contributed by atoms with Crippen molar-refractivity contribution in [1.29, 1.82) is 0 Å². The summed E-state index contributed by atoms with van der Waals surface area (Å²) < 4.78 is 51.7. The average molecular weight is 418 g/mol. The Morgan fingerprint density at radius 3 is 2.00 bits per heavy atom. The van der Waals surface area contributed by atoms with Gasteiger partial charge in [0.1, 0.15) is 0 Å². The first-order valence-corrected chi connectivity index (χ1v) is 11.7. The van der Waals surface area contributed by atoms with Gasteiger partial charge in [0.25, 0.3) is 10.0 Å². The maximum Gasteiger partial charge on any atom is 0.264 e. The van der Waals surface area contributed by atoms with E-state index >= 15 is 0 Å². The number of rotatable bonds is 5. The smallest absolute Gasteiger partial charge is 0.247 e. The molecule has 7 nitrogen and oxygen atoms in total. The van der Waals surface area contributed by atoms with Gasteiger partial charge in [-0.3, -0.25) is 0 Å². The molecule has 3 rings (SSSR count). The van der Waals surface area contributed by atoms with Crippen LogP contribution >= 0.6 is 0 Å². The number of sulfonamides is 1. The summed E-state index contributed by atoms with van der Waals surface area (Å²) >= 11 is 0. The molecule has 0 aliphatic rings. The first-order valence-electron chi connectivity index (χ1n) is 8.31. The lowest BCUT2D eigenvalue weighted by molar-refractivity contribution is 0.595. The van der Waals surface area contributed by atoms with Crippen LogP contribution in [0.15, 0.2) is 64.5 Å². The summed E-state index contributed by atoms with van der Waals surface area (Å²) in [6.45, 7) is 3.75. The molecule has 0 spiro atoms. The fraction of sp³-hybridized carbons (Fsp3) is 0.158. The van der Waals surface area contributed by atoms with E-state index < -0.39 is 19.9 Å². The molecular weight excluding hydrogens is 398 g/mol. The van der Waals surface area contributed by atoms with Crippen molar-refractivity contribution in [3.63, 3.8) is 0 Å². The molecule has 0 aliphatic carbocycles. The Morgan fingerprint density at radius 1 is 0.821 bits per heavy atom. The van der Waals surface area contributed by atoms with Crippen LogP contribution in [0.2, 0.25) is 0 Å². The Hall–Kier alpha value is -2.78. The second kappa shape index (κ2) is 7.33. The highest BCUT2D eigenvalue weighted by Crippen LogP contribution is 2.28. The molecule has 0 radical (unpaired) electrons. The molecule has 3 aromatic rings. The van der Waals surface area contributed by atoms with Crippen molar-refractivity contribution in [3.05, 3.63) is 65.7 Å². The first kappa shape index (κ1) is 20.0. The Labute approximate surface area is 164 Å². The molecule has 9 heteroatoms. The lowest BCUT2D eigenvalue weighted by Crippen LogP contribution is -2.16. The molecule has 1 heterocycles. The highest BCUT2D eigenvalue weighted by molar-refractivity contribution is 7.92.